The number of nitrogens with zero attached hydrogens (tertiary/aromatic N) is 2. The van der Waals surface area contributed by atoms with Crippen LogP contribution in [0, 0.1) is 0 Å². The van der Waals surface area contributed by atoms with Gasteiger partial charge in [0.2, 0.25) is 10.0 Å². The minimum atomic E-state index is -3.19. The van der Waals surface area contributed by atoms with Gasteiger partial charge in [-0.15, -0.1) is 0 Å². The van der Waals surface area contributed by atoms with Crippen molar-refractivity contribution < 1.29 is 13.5 Å². The van der Waals surface area contributed by atoms with Crippen molar-refractivity contribution in [3.63, 3.8) is 0 Å². The van der Waals surface area contributed by atoms with Crippen LogP contribution in [0.25, 0.3) is 0 Å². The van der Waals surface area contributed by atoms with Gasteiger partial charge in [0.1, 0.15) is 5.60 Å². The quantitative estimate of drug-likeness (QED) is 0.481. The van der Waals surface area contributed by atoms with Gasteiger partial charge in [0, 0.05) is 25.7 Å². The molecule has 0 aromatic heterocycles. The molecule has 8 heteroatoms. The van der Waals surface area contributed by atoms with Crippen molar-refractivity contribution in [2.45, 2.75) is 38.3 Å². The third kappa shape index (κ3) is 5.69. The number of nitrogens with one attached hydrogen (secondary N) is 2. The summed E-state index contributed by atoms with van der Waals surface area (Å²) >= 11 is 0. The Labute approximate surface area is 156 Å². The zero-order valence-corrected chi connectivity index (χ0v) is 16.6. The van der Waals surface area contributed by atoms with Gasteiger partial charge in [-0.25, -0.2) is 13.4 Å². The summed E-state index contributed by atoms with van der Waals surface area (Å²) in [5.74, 6) is 0.573. The van der Waals surface area contributed by atoms with E-state index in [0.717, 1.165) is 18.4 Å². The monoisotopic (exact) mass is 382 g/mol. The van der Waals surface area contributed by atoms with Crippen LogP contribution in [-0.4, -0.2) is 62.3 Å². The predicted octanol–water partition coefficient (Wildman–Crippen LogP) is 0.873. The lowest BCUT2D eigenvalue weighted by atomic mass is 9.96. The largest absolute Gasteiger partial charge is 0.384 e. The molecule has 1 aliphatic rings. The van der Waals surface area contributed by atoms with E-state index in [1.54, 1.807) is 11.2 Å². The molecule has 1 fully saturated rings. The lowest BCUT2D eigenvalue weighted by Gasteiger charge is -2.25. The highest BCUT2D eigenvalue weighted by Gasteiger charge is 2.31. The summed E-state index contributed by atoms with van der Waals surface area (Å²) < 4.78 is 25.2. The minimum Gasteiger partial charge on any atom is -0.384 e. The van der Waals surface area contributed by atoms with E-state index in [9.17, 15) is 13.5 Å². The molecule has 1 aromatic carbocycles. The van der Waals surface area contributed by atoms with Crippen LogP contribution < -0.4 is 10.6 Å². The van der Waals surface area contributed by atoms with Crippen molar-refractivity contribution in [2.75, 3.05) is 32.4 Å². The lowest BCUT2D eigenvalue weighted by Crippen LogP contribution is -2.46. The standard InChI is InChI=1S/C18H30N4O3S/c1-4-19-17(20-13-16-11-8-12-22(16)26(3,24)25)21-14-18(2,23)15-9-6-5-7-10-15/h5-7,9-10,16,23H,4,8,11-14H2,1-3H3,(H2,19,20,21)/t16-,18?/m1/s1. The van der Waals surface area contributed by atoms with Crippen molar-refractivity contribution in [3.8, 4) is 0 Å². The average Bonchev–Trinajstić information content (AvgIpc) is 3.07. The smallest absolute Gasteiger partial charge is 0.211 e. The maximum Gasteiger partial charge on any atom is 0.211 e. The van der Waals surface area contributed by atoms with E-state index in [4.69, 9.17) is 0 Å². The molecule has 7 nitrogen and oxygen atoms in total. The highest BCUT2D eigenvalue weighted by molar-refractivity contribution is 7.88. The average molecular weight is 383 g/mol. The number of aliphatic imine (C=N–C) groups is 1. The van der Waals surface area contributed by atoms with E-state index in [-0.39, 0.29) is 12.6 Å². The highest BCUT2D eigenvalue weighted by atomic mass is 32.2. The van der Waals surface area contributed by atoms with Gasteiger partial charge in [-0.3, -0.25) is 0 Å². The number of sulfonamides is 1. The molecule has 1 saturated heterocycles. The SMILES string of the molecule is CCNC(=NCC(C)(O)c1ccccc1)NC[C@H]1CCCN1S(C)(=O)=O. The van der Waals surface area contributed by atoms with Crippen LogP contribution in [0.4, 0.5) is 0 Å². The molecule has 26 heavy (non-hydrogen) atoms. The topological polar surface area (TPSA) is 94.0 Å². The second-order valence-corrected chi connectivity index (χ2v) is 8.82. The Bertz CT molecular complexity index is 704. The van der Waals surface area contributed by atoms with Crippen molar-refractivity contribution in [1.82, 2.24) is 14.9 Å². The third-order valence-electron chi connectivity index (χ3n) is 4.54. The lowest BCUT2D eigenvalue weighted by molar-refractivity contribution is 0.0672. The van der Waals surface area contributed by atoms with Crippen molar-refractivity contribution in [2.24, 2.45) is 4.99 Å². The number of aliphatic hydroxyl groups is 1. The normalized spacial score (nSPS) is 21.4. The Morgan fingerprint density at radius 3 is 2.65 bits per heavy atom. The maximum absolute atomic E-state index is 11.8. The molecule has 0 spiro atoms. The van der Waals surface area contributed by atoms with Gasteiger partial charge >= 0.3 is 0 Å². The van der Waals surface area contributed by atoms with Crippen LogP contribution in [0.1, 0.15) is 32.3 Å². The summed E-state index contributed by atoms with van der Waals surface area (Å²) in [4.78, 5) is 4.49. The van der Waals surface area contributed by atoms with Gasteiger partial charge in [-0.1, -0.05) is 30.3 Å². The van der Waals surface area contributed by atoms with Crippen molar-refractivity contribution in [1.29, 1.82) is 0 Å². The number of guanidine groups is 1. The van der Waals surface area contributed by atoms with E-state index in [1.807, 2.05) is 37.3 Å². The van der Waals surface area contributed by atoms with E-state index < -0.39 is 15.6 Å². The summed E-state index contributed by atoms with van der Waals surface area (Å²) in [7, 11) is -3.19. The Morgan fingerprint density at radius 2 is 2.04 bits per heavy atom. The van der Waals surface area contributed by atoms with Crippen LogP contribution >= 0.6 is 0 Å². The molecule has 0 radical (unpaired) electrons. The van der Waals surface area contributed by atoms with Crippen LogP contribution in [0.15, 0.2) is 35.3 Å². The summed E-state index contributed by atoms with van der Waals surface area (Å²) in [6, 6.07) is 9.36. The molecular weight excluding hydrogens is 352 g/mol. The first-order valence-electron chi connectivity index (χ1n) is 9.01. The Balaban J connectivity index is 2.01. The summed E-state index contributed by atoms with van der Waals surface area (Å²) in [5, 5.41) is 17.0. The second kappa shape index (κ2) is 8.83. The van der Waals surface area contributed by atoms with Crippen LogP contribution in [0.2, 0.25) is 0 Å². The molecule has 0 amide bonds. The van der Waals surface area contributed by atoms with Crippen LogP contribution in [-0.2, 0) is 15.6 Å². The Morgan fingerprint density at radius 1 is 1.35 bits per heavy atom. The van der Waals surface area contributed by atoms with Crippen LogP contribution in [0.5, 0.6) is 0 Å². The number of hydrogen-bond acceptors (Lipinski definition) is 4. The molecule has 0 bridgehead atoms. The Hall–Kier alpha value is -1.64. The molecule has 1 aliphatic heterocycles. The minimum absolute atomic E-state index is 0.0662. The zero-order valence-electron chi connectivity index (χ0n) is 15.8. The maximum atomic E-state index is 11.8. The molecule has 1 unspecified atom stereocenters. The number of rotatable bonds is 7. The fourth-order valence-corrected chi connectivity index (χ4v) is 4.31. The van der Waals surface area contributed by atoms with Crippen LogP contribution in [0.3, 0.4) is 0 Å². The molecule has 0 aliphatic carbocycles. The van der Waals surface area contributed by atoms with Gasteiger partial charge < -0.3 is 15.7 Å². The van der Waals surface area contributed by atoms with E-state index in [1.165, 1.54) is 6.26 Å². The molecule has 1 aromatic rings. The zero-order chi connectivity index (χ0) is 19.2. The molecule has 2 rings (SSSR count). The van der Waals surface area contributed by atoms with Gasteiger partial charge in [-0.05, 0) is 32.3 Å². The first-order chi connectivity index (χ1) is 12.2. The fourth-order valence-electron chi connectivity index (χ4n) is 3.13. The van der Waals surface area contributed by atoms with E-state index >= 15 is 0 Å². The molecule has 1 heterocycles. The summed E-state index contributed by atoms with van der Waals surface area (Å²) in [6.45, 7) is 5.64. The second-order valence-electron chi connectivity index (χ2n) is 6.89. The molecule has 146 valence electrons. The first-order valence-corrected chi connectivity index (χ1v) is 10.9. The summed E-state index contributed by atoms with van der Waals surface area (Å²) in [6.07, 6.45) is 2.96. The number of hydrogen-bond donors (Lipinski definition) is 3. The van der Waals surface area contributed by atoms with E-state index in [2.05, 4.69) is 15.6 Å². The molecule has 0 saturated carbocycles. The number of benzene rings is 1. The Kier molecular flexibility index (Phi) is 7.02. The van der Waals surface area contributed by atoms with Gasteiger partial charge in [0.15, 0.2) is 5.96 Å². The third-order valence-corrected chi connectivity index (χ3v) is 5.87. The van der Waals surface area contributed by atoms with Crippen molar-refractivity contribution >= 4 is 16.0 Å². The fraction of sp³-hybridized carbons (Fsp3) is 0.611. The van der Waals surface area contributed by atoms with Crippen molar-refractivity contribution in [3.05, 3.63) is 35.9 Å². The van der Waals surface area contributed by atoms with E-state index in [0.29, 0.717) is 25.6 Å². The summed E-state index contributed by atoms with van der Waals surface area (Å²) in [5.41, 5.74) is -0.269. The molecule has 2 atom stereocenters. The molecular formula is C18H30N4O3S. The highest BCUT2D eigenvalue weighted by Crippen LogP contribution is 2.21. The molecule has 3 N–H and O–H groups in total. The van der Waals surface area contributed by atoms with Gasteiger partial charge in [-0.2, -0.15) is 4.31 Å². The predicted molar refractivity (Wildman–Crippen MR) is 105 cm³/mol. The first kappa shape index (κ1) is 20.7. The van der Waals surface area contributed by atoms with Gasteiger partial charge in [0.25, 0.3) is 0 Å². The van der Waals surface area contributed by atoms with Gasteiger partial charge in [0.05, 0.1) is 12.8 Å².